The zero-order valence-corrected chi connectivity index (χ0v) is 10.4. The van der Waals surface area contributed by atoms with Gasteiger partial charge in [0.2, 0.25) is 0 Å². The van der Waals surface area contributed by atoms with Crippen LogP contribution in [0.3, 0.4) is 0 Å². The van der Waals surface area contributed by atoms with Crippen LogP contribution in [-0.2, 0) is 6.42 Å². The lowest BCUT2D eigenvalue weighted by atomic mass is 10.0. The Kier molecular flexibility index (Phi) is 3.49. The predicted molar refractivity (Wildman–Crippen MR) is 66.9 cm³/mol. The van der Waals surface area contributed by atoms with Gasteiger partial charge in [0.05, 0.1) is 6.61 Å². The van der Waals surface area contributed by atoms with Crippen LogP contribution in [0, 0.1) is 5.92 Å². The first-order chi connectivity index (χ1) is 7.76. The van der Waals surface area contributed by atoms with Gasteiger partial charge in [0.15, 0.2) is 0 Å². The summed E-state index contributed by atoms with van der Waals surface area (Å²) in [5.41, 5.74) is 2.89. The van der Waals surface area contributed by atoms with Crippen LogP contribution in [0.25, 0.3) is 0 Å². The van der Waals surface area contributed by atoms with Crippen molar-refractivity contribution < 1.29 is 4.74 Å². The van der Waals surface area contributed by atoms with E-state index >= 15 is 0 Å². The van der Waals surface area contributed by atoms with E-state index in [9.17, 15) is 0 Å². The molecule has 2 atom stereocenters. The summed E-state index contributed by atoms with van der Waals surface area (Å²) in [6.45, 7) is 5.23. The molecule has 2 heteroatoms. The highest BCUT2D eigenvalue weighted by Crippen LogP contribution is 2.37. The third-order valence-electron chi connectivity index (χ3n) is 3.35. The summed E-state index contributed by atoms with van der Waals surface area (Å²) in [6.07, 6.45) is 2.23. The minimum absolute atomic E-state index is 0.486. The second-order valence-electron chi connectivity index (χ2n) is 4.66. The molecule has 88 valence electrons. The first-order valence-corrected chi connectivity index (χ1v) is 6.19. The molecule has 16 heavy (non-hydrogen) atoms. The fourth-order valence-corrected chi connectivity index (χ4v) is 2.57. The van der Waals surface area contributed by atoms with Gasteiger partial charge in [-0.2, -0.15) is 0 Å². The Labute approximate surface area is 98.0 Å². The molecular weight excluding hydrogens is 198 g/mol. The molecule has 0 spiro atoms. The zero-order chi connectivity index (χ0) is 11.5. The van der Waals surface area contributed by atoms with E-state index in [0.717, 1.165) is 18.8 Å². The molecule has 0 fully saturated rings. The van der Waals surface area contributed by atoms with Crippen LogP contribution in [0.4, 0.5) is 0 Å². The van der Waals surface area contributed by atoms with Gasteiger partial charge in [0.1, 0.15) is 5.75 Å². The number of benzene rings is 1. The lowest BCUT2D eigenvalue weighted by Gasteiger charge is -2.16. The fraction of sp³-hybridized carbons (Fsp3) is 0.571. The van der Waals surface area contributed by atoms with Gasteiger partial charge in [-0.3, -0.25) is 0 Å². The van der Waals surface area contributed by atoms with Gasteiger partial charge in [-0.1, -0.05) is 19.9 Å². The number of hydrogen-bond acceptors (Lipinski definition) is 2. The lowest BCUT2D eigenvalue weighted by Crippen LogP contribution is -2.19. The standard InChI is InChI=1S/C14H21NO/c1-4-7-16-12-6-5-11-8-10(2)14(15-3)13(11)9-12/h5-6,9-10,14-15H,4,7-8H2,1-3H3. The summed E-state index contributed by atoms with van der Waals surface area (Å²) < 4.78 is 5.68. The topological polar surface area (TPSA) is 21.3 Å². The van der Waals surface area contributed by atoms with Crippen LogP contribution in [0.5, 0.6) is 5.75 Å². The number of hydrogen-bond donors (Lipinski definition) is 1. The average Bonchev–Trinajstić information content (AvgIpc) is 2.61. The second-order valence-corrected chi connectivity index (χ2v) is 4.66. The molecule has 0 heterocycles. The van der Waals surface area contributed by atoms with Crippen molar-refractivity contribution in [2.75, 3.05) is 13.7 Å². The maximum Gasteiger partial charge on any atom is 0.119 e. The highest BCUT2D eigenvalue weighted by atomic mass is 16.5. The molecule has 0 radical (unpaired) electrons. The molecule has 1 aliphatic carbocycles. The van der Waals surface area contributed by atoms with Crippen molar-refractivity contribution in [1.29, 1.82) is 0 Å². The summed E-state index contributed by atoms with van der Waals surface area (Å²) in [5.74, 6) is 1.69. The first-order valence-electron chi connectivity index (χ1n) is 6.19. The number of ether oxygens (including phenoxy) is 1. The Bertz CT molecular complexity index is 362. The van der Waals surface area contributed by atoms with Crippen molar-refractivity contribution in [2.45, 2.75) is 32.7 Å². The van der Waals surface area contributed by atoms with Crippen molar-refractivity contribution in [3.63, 3.8) is 0 Å². The molecule has 1 aliphatic rings. The molecule has 0 amide bonds. The molecule has 0 aliphatic heterocycles. The van der Waals surface area contributed by atoms with Crippen molar-refractivity contribution >= 4 is 0 Å². The average molecular weight is 219 g/mol. The molecule has 1 N–H and O–H groups in total. The molecular formula is C14H21NO. The van der Waals surface area contributed by atoms with E-state index in [1.165, 1.54) is 17.5 Å². The summed E-state index contributed by atoms with van der Waals surface area (Å²) in [6, 6.07) is 7.00. The molecule has 0 aromatic heterocycles. The van der Waals surface area contributed by atoms with E-state index in [0.29, 0.717) is 12.0 Å². The van der Waals surface area contributed by atoms with E-state index in [4.69, 9.17) is 4.74 Å². The minimum Gasteiger partial charge on any atom is -0.494 e. The monoisotopic (exact) mass is 219 g/mol. The summed E-state index contributed by atoms with van der Waals surface area (Å²) >= 11 is 0. The van der Waals surface area contributed by atoms with Crippen molar-refractivity contribution in [3.05, 3.63) is 29.3 Å². The van der Waals surface area contributed by atoms with Crippen LogP contribution >= 0.6 is 0 Å². The van der Waals surface area contributed by atoms with Gasteiger partial charge in [-0.05, 0) is 49.1 Å². The van der Waals surface area contributed by atoms with Gasteiger partial charge < -0.3 is 10.1 Å². The third-order valence-corrected chi connectivity index (χ3v) is 3.35. The predicted octanol–water partition coefficient (Wildman–Crippen LogP) is 2.93. The molecule has 2 unspecified atom stereocenters. The molecule has 1 aromatic rings. The van der Waals surface area contributed by atoms with E-state index in [1.807, 2.05) is 7.05 Å². The third kappa shape index (κ3) is 2.07. The van der Waals surface area contributed by atoms with E-state index in [-0.39, 0.29) is 0 Å². The SMILES string of the molecule is CCCOc1ccc2c(c1)C(NC)C(C)C2. The zero-order valence-electron chi connectivity index (χ0n) is 10.4. The normalized spacial score (nSPS) is 23.2. The Balaban J connectivity index is 2.21. The van der Waals surface area contributed by atoms with Crippen LogP contribution in [0.15, 0.2) is 18.2 Å². The van der Waals surface area contributed by atoms with Gasteiger partial charge in [0.25, 0.3) is 0 Å². The largest absolute Gasteiger partial charge is 0.494 e. The molecule has 1 aromatic carbocycles. The second kappa shape index (κ2) is 4.88. The Morgan fingerprint density at radius 3 is 2.94 bits per heavy atom. The fourth-order valence-electron chi connectivity index (χ4n) is 2.57. The summed E-state index contributed by atoms with van der Waals surface area (Å²) in [5, 5.41) is 3.40. The quantitative estimate of drug-likeness (QED) is 0.840. The highest BCUT2D eigenvalue weighted by Gasteiger charge is 2.28. The summed E-state index contributed by atoms with van der Waals surface area (Å²) in [4.78, 5) is 0. The van der Waals surface area contributed by atoms with Gasteiger partial charge in [-0.15, -0.1) is 0 Å². The highest BCUT2D eigenvalue weighted by molar-refractivity contribution is 5.41. The van der Waals surface area contributed by atoms with Crippen LogP contribution < -0.4 is 10.1 Å². The maximum atomic E-state index is 5.68. The number of rotatable bonds is 4. The first kappa shape index (κ1) is 11.5. The van der Waals surface area contributed by atoms with Crippen LogP contribution in [-0.4, -0.2) is 13.7 Å². The van der Waals surface area contributed by atoms with E-state index in [2.05, 4.69) is 37.4 Å². The van der Waals surface area contributed by atoms with Gasteiger partial charge in [-0.25, -0.2) is 0 Å². The van der Waals surface area contributed by atoms with Crippen LogP contribution in [0.2, 0.25) is 0 Å². The van der Waals surface area contributed by atoms with E-state index in [1.54, 1.807) is 0 Å². The molecule has 0 bridgehead atoms. The van der Waals surface area contributed by atoms with E-state index < -0.39 is 0 Å². The molecule has 0 saturated carbocycles. The van der Waals surface area contributed by atoms with Gasteiger partial charge in [0, 0.05) is 6.04 Å². The molecule has 2 rings (SSSR count). The van der Waals surface area contributed by atoms with Gasteiger partial charge >= 0.3 is 0 Å². The Hall–Kier alpha value is -1.02. The van der Waals surface area contributed by atoms with Crippen LogP contribution in [0.1, 0.15) is 37.4 Å². The minimum atomic E-state index is 0.486. The Morgan fingerprint density at radius 2 is 2.25 bits per heavy atom. The Morgan fingerprint density at radius 1 is 1.44 bits per heavy atom. The lowest BCUT2D eigenvalue weighted by molar-refractivity contribution is 0.316. The molecule has 2 nitrogen and oxygen atoms in total. The number of nitrogens with one attached hydrogen (secondary N) is 1. The maximum absolute atomic E-state index is 5.68. The molecule has 0 saturated heterocycles. The smallest absolute Gasteiger partial charge is 0.119 e. The van der Waals surface area contributed by atoms with Crippen molar-refractivity contribution in [3.8, 4) is 5.75 Å². The number of fused-ring (bicyclic) bond motifs is 1. The van der Waals surface area contributed by atoms with Crippen molar-refractivity contribution in [1.82, 2.24) is 5.32 Å². The summed E-state index contributed by atoms with van der Waals surface area (Å²) in [7, 11) is 2.04. The van der Waals surface area contributed by atoms with Crippen molar-refractivity contribution in [2.24, 2.45) is 5.92 Å².